The van der Waals surface area contributed by atoms with E-state index in [0.717, 1.165) is 25.9 Å². The summed E-state index contributed by atoms with van der Waals surface area (Å²) in [6.45, 7) is 1.90. The van der Waals surface area contributed by atoms with E-state index in [9.17, 15) is 4.79 Å². The number of carbonyl (C=O) groups is 1. The van der Waals surface area contributed by atoms with E-state index in [-0.39, 0.29) is 11.8 Å². The van der Waals surface area contributed by atoms with Crippen LogP contribution in [0.5, 0.6) is 0 Å². The minimum atomic E-state index is -0.126. The summed E-state index contributed by atoms with van der Waals surface area (Å²) in [6, 6.07) is 22.0. The molecule has 0 spiro atoms. The molecule has 2 bridgehead atoms. The molecule has 1 amide bonds. The second kappa shape index (κ2) is 6.40. The normalized spacial score (nSPS) is 28.9. The van der Waals surface area contributed by atoms with Gasteiger partial charge in [0.2, 0.25) is 5.91 Å². The Labute approximate surface area is 143 Å². The number of carbonyl (C=O) groups excluding carboxylic acids is 1. The second-order valence-corrected chi connectivity index (χ2v) is 7.15. The van der Waals surface area contributed by atoms with Crippen molar-refractivity contribution in [3.63, 3.8) is 0 Å². The maximum atomic E-state index is 11.8. The van der Waals surface area contributed by atoms with E-state index < -0.39 is 0 Å². The molecule has 3 fully saturated rings. The summed E-state index contributed by atoms with van der Waals surface area (Å²) < 4.78 is 0. The summed E-state index contributed by atoms with van der Waals surface area (Å²) in [4.78, 5) is 14.3. The molecular formula is C21H24N2O. The first-order valence-electron chi connectivity index (χ1n) is 8.87. The minimum Gasteiger partial charge on any atom is -0.369 e. The Morgan fingerprint density at radius 3 is 2.04 bits per heavy atom. The molecule has 124 valence electrons. The van der Waals surface area contributed by atoms with Gasteiger partial charge in [-0.05, 0) is 36.4 Å². The first-order valence-corrected chi connectivity index (χ1v) is 8.87. The Kier molecular flexibility index (Phi) is 4.11. The van der Waals surface area contributed by atoms with Crippen LogP contribution in [-0.2, 0) is 4.79 Å². The number of primary amides is 1. The lowest BCUT2D eigenvalue weighted by Gasteiger charge is -2.51. The highest BCUT2D eigenvalue weighted by molar-refractivity contribution is 5.77. The van der Waals surface area contributed by atoms with Crippen LogP contribution in [0.15, 0.2) is 60.7 Å². The van der Waals surface area contributed by atoms with E-state index in [0.29, 0.717) is 17.9 Å². The van der Waals surface area contributed by atoms with Gasteiger partial charge in [0.1, 0.15) is 0 Å². The van der Waals surface area contributed by atoms with Gasteiger partial charge in [0.05, 0.1) is 5.92 Å². The molecule has 2 aromatic rings. The van der Waals surface area contributed by atoms with Crippen LogP contribution in [-0.4, -0.2) is 29.9 Å². The third kappa shape index (κ3) is 2.73. The second-order valence-electron chi connectivity index (χ2n) is 7.15. The minimum absolute atomic E-state index is 0.0298. The number of benzene rings is 2. The fourth-order valence-electron chi connectivity index (χ4n) is 4.70. The van der Waals surface area contributed by atoms with E-state index in [1.807, 2.05) is 0 Å². The third-order valence-corrected chi connectivity index (χ3v) is 5.87. The molecule has 3 aliphatic heterocycles. The molecule has 4 unspecified atom stereocenters. The van der Waals surface area contributed by atoms with Gasteiger partial charge in [-0.2, -0.15) is 0 Å². The molecular weight excluding hydrogens is 296 g/mol. The number of rotatable bonds is 4. The van der Waals surface area contributed by atoms with Crippen molar-refractivity contribution in [2.24, 2.45) is 17.6 Å². The zero-order valence-corrected chi connectivity index (χ0v) is 13.8. The van der Waals surface area contributed by atoms with Crippen LogP contribution in [0.25, 0.3) is 0 Å². The molecule has 3 nitrogen and oxygen atoms in total. The maximum absolute atomic E-state index is 11.8. The average Bonchev–Trinajstić information content (AvgIpc) is 2.64. The summed E-state index contributed by atoms with van der Waals surface area (Å²) in [6.07, 6.45) is 2.16. The lowest BCUT2D eigenvalue weighted by molar-refractivity contribution is -0.129. The molecule has 3 heterocycles. The van der Waals surface area contributed by atoms with Crippen LogP contribution in [0, 0.1) is 11.8 Å². The predicted molar refractivity (Wildman–Crippen MR) is 95.5 cm³/mol. The standard InChI is InChI=1S/C21H24N2O/c22-21(24)18-14-23-12-11-17(18)13-19(23)20(15-7-3-1-4-8-15)16-9-5-2-6-10-16/h1-10,17-20H,11-14H2,(H2,22,24). The SMILES string of the molecule is NC(=O)C1CN2CCC1CC2C(c1ccccc1)c1ccccc1. The highest BCUT2D eigenvalue weighted by Gasteiger charge is 2.45. The van der Waals surface area contributed by atoms with Crippen LogP contribution in [0.4, 0.5) is 0 Å². The number of piperidine rings is 3. The molecule has 0 radical (unpaired) electrons. The quantitative estimate of drug-likeness (QED) is 0.941. The molecule has 0 saturated carbocycles. The predicted octanol–water partition coefficient (Wildman–Crippen LogP) is 3.01. The monoisotopic (exact) mass is 320 g/mol. The van der Waals surface area contributed by atoms with Crippen LogP contribution >= 0.6 is 0 Å². The van der Waals surface area contributed by atoms with Crippen molar-refractivity contribution in [3.05, 3.63) is 71.8 Å². The Morgan fingerprint density at radius 2 is 1.58 bits per heavy atom. The van der Waals surface area contributed by atoms with E-state index in [2.05, 4.69) is 65.6 Å². The van der Waals surface area contributed by atoms with Crippen LogP contribution in [0.3, 0.4) is 0 Å². The summed E-state index contributed by atoms with van der Waals surface area (Å²) in [7, 11) is 0. The largest absolute Gasteiger partial charge is 0.369 e. The zero-order valence-electron chi connectivity index (χ0n) is 13.8. The van der Waals surface area contributed by atoms with Crippen molar-refractivity contribution < 1.29 is 4.79 Å². The fraction of sp³-hybridized carbons (Fsp3) is 0.381. The Morgan fingerprint density at radius 1 is 1.00 bits per heavy atom. The molecule has 5 rings (SSSR count). The molecule has 4 atom stereocenters. The number of nitrogens with zero attached hydrogens (tertiary/aromatic N) is 1. The van der Waals surface area contributed by atoms with Crippen molar-refractivity contribution in [3.8, 4) is 0 Å². The van der Waals surface area contributed by atoms with Gasteiger partial charge in [0, 0.05) is 18.5 Å². The number of hydrogen-bond donors (Lipinski definition) is 1. The van der Waals surface area contributed by atoms with Crippen LogP contribution < -0.4 is 5.73 Å². The molecule has 2 N–H and O–H groups in total. The molecule has 3 saturated heterocycles. The molecule has 2 aromatic carbocycles. The van der Waals surface area contributed by atoms with Gasteiger partial charge in [-0.1, -0.05) is 60.7 Å². The van der Waals surface area contributed by atoms with Gasteiger partial charge in [0.25, 0.3) is 0 Å². The van der Waals surface area contributed by atoms with E-state index in [1.165, 1.54) is 11.1 Å². The molecule has 3 heteroatoms. The van der Waals surface area contributed by atoms with Crippen molar-refractivity contribution in [2.75, 3.05) is 13.1 Å². The van der Waals surface area contributed by atoms with Crippen LogP contribution in [0.2, 0.25) is 0 Å². The van der Waals surface area contributed by atoms with Crippen molar-refractivity contribution >= 4 is 5.91 Å². The van der Waals surface area contributed by atoms with Crippen molar-refractivity contribution in [1.82, 2.24) is 4.90 Å². The zero-order chi connectivity index (χ0) is 16.5. The average molecular weight is 320 g/mol. The smallest absolute Gasteiger partial charge is 0.222 e. The number of fused-ring (bicyclic) bond motifs is 3. The van der Waals surface area contributed by atoms with Gasteiger partial charge < -0.3 is 5.73 Å². The molecule has 3 aliphatic rings. The van der Waals surface area contributed by atoms with E-state index >= 15 is 0 Å². The Hall–Kier alpha value is -2.13. The van der Waals surface area contributed by atoms with Gasteiger partial charge in [0.15, 0.2) is 0 Å². The first-order chi connectivity index (χ1) is 11.7. The molecule has 24 heavy (non-hydrogen) atoms. The number of amides is 1. The molecule has 0 aliphatic carbocycles. The van der Waals surface area contributed by atoms with Gasteiger partial charge in [-0.25, -0.2) is 0 Å². The Bertz CT molecular complexity index is 661. The maximum Gasteiger partial charge on any atom is 0.222 e. The molecule has 0 aromatic heterocycles. The fourth-order valence-corrected chi connectivity index (χ4v) is 4.70. The lowest BCUT2D eigenvalue weighted by Crippen LogP contribution is -2.58. The Balaban J connectivity index is 1.69. The third-order valence-electron chi connectivity index (χ3n) is 5.87. The van der Waals surface area contributed by atoms with E-state index in [4.69, 9.17) is 5.73 Å². The summed E-state index contributed by atoms with van der Waals surface area (Å²) in [5, 5.41) is 0. The van der Waals surface area contributed by atoms with Crippen LogP contribution in [0.1, 0.15) is 29.9 Å². The number of nitrogens with two attached hydrogens (primary N) is 1. The van der Waals surface area contributed by atoms with E-state index in [1.54, 1.807) is 0 Å². The lowest BCUT2D eigenvalue weighted by atomic mass is 9.69. The van der Waals surface area contributed by atoms with Gasteiger partial charge >= 0.3 is 0 Å². The number of hydrogen-bond acceptors (Lipinski definition) is 2. The highest BCUT2D eigenvalue weighted by Crippen LogP contribution is 2.43. The van der Waals surface area contributed by atoms with Crippen molar-refractivity contribution in [2.45, 2.75) is 24.8 Å². The summed E-state index contributed by atoms with van der Waals surface area (Å²) in [5.74, 6) is 0.692. The highest BCUT2D eigenvalue weighted by atomic mass is 16.1. The summed E-state index contributed by atoms with van der Waals surface area (Å²) >= 11 is 0. The summed E-state index contributed by atoms with van der Waals surface area (Å²) in [5.41, 5.74) is 8.35. The van der Waals surface area contributed by atoms with Gasteiger partial charge in [-0.3, -0.25) is 9.69 Å². The first kappa shape index (κ1) is 15.4. The topological polar surface area (TPSA) is 46.3 Å². The van der Waals surface area contributed by atoms with Crippen molar-refractivity contribution in [1.29, 1.82) is 0 Å². The van der Waals surface area contributed by atoms with Gasteiger partial charge in [-0.15, -0.1) is 0 Å².